The van der Waals surface area contributed by atoms with Crippen LogP contribution in [0.5, 0.6) is 0 Å². The molecule has 0 atom stereocenters. The van der Waals surface area contributed by atoms with E-state index in [-0.39, 0.29) is 10.8 Å². The van der Waals surface area contributed by atoms with E-state index in [9.17, 15) is 0 Å². The van der Waals surface area contributed by atoms with Crippen molar-refractivity contribution < 1.29 is 5.21 Å². The Hall–Kier alpha value is -1.03. The van der Waals surface area contributed by atoms with Crippen molar-refractivity contribution in [3.8, 4) is 0 Å². The molecule has 0 aliphatic carbocycles. The van der Waals surface area contributed by atoms with Crippen molar-refractivity contribution in [2.45, 2.75) is 6.92 Å². The second-order valence-corrected chi connectivity index (χ2v) is 2.24. The Labute approximate surface area is 62.2 Å². The maximum Gasteiger partial charge on any atom is 0.257 e. The van der Waals surface area contributed by atoms with E-state index >= 15 is 0 Å². The third-order valence-corrected chi connectivity index (χ3v) is 1.27. The summed E-state index contributed by atoms with van der Waals surface area (Å²) < 4.78 is 0.659. The van der Waals surface area contributed by atoms with Crippen LogP contribution in [0.1, 0.15) is 5.69 Å². The lowest BCUT2D eigenvalue weighted by atomic mass is 10.5. The van der Waals surface area contributed by atoms with Crippen molar-refractivity contribution in [3.05, 3.63) is 22.5 Å². The van der Waals surface area contributed by atoms with Crippen LogP contribution in [-0.4, -0.2) is 14.9 Å². The predicted octanol–water partition coefficient (Wildman–Crippen LogP) is 0.562. The highest BCUT2D eigenvalue weighted by molar-refractivity contribution is 6.29. The molecule has 54 valence electrons. The molecule has 0 saturated heterocycles. The first-order valence-corrected chi connectivity index (χ1v) is 2.99. The molecule has 0 aliphatic heterocycles. The topological polar surface area (TPSA) is 61.9 Å². The first-order chi connectivity index (χ1) is 4.61. The third kappa shape index (κ3) is 1.11. The quantitative estimate of drug-likeness (QED) is 0.429. The fourth-order valence-corrected chi connectivity index (χ4v) is 0.819. The molecule has 0 aromatic carbocycles. The summed E-state index contributed by atoms with van der Waals surface area (Å²) in [7, 11) is 0. The van der Waals surface area contributed by atoms with Crippen molar-refractivity contribution in [2.24, 2.45) is 0 Å². The molecule has 2 N–H and O–H groups in total. The van der Waals surface area contributed by atoms with Gasteiger partial charge in [0.05, 0.1) is 5.69 Å². The number of rotatable bonds is 0. The molecule has 5 heteroatoms. The van der Waals surface area contributed by atoms with E-state index in [1.54, 1.807) is 6.92 Å². The molecule has 1 rings (SSSR count). The lowest BCUT2D eigenvalue weighted by Crippen LogP contribution is -2.22. The Morgan fingerprint density at radius 1 is 1.80 bits per heavy atom. The van der Waals surface area contributed by atoms with Gasteiger partial charge in [-0.3, -0.25) is 5.41 Å². The van der Waals surface area contributed by atoms with Crippen molar-refractivity contribution in [2.75, 3.05) is 0 Å². The average molecular weight is 160 g/mol. The minimum absolute atomic E-state index is 0.216. The number of nitrogens with zero attached hydrogens (tertiary/aromatic N) is 2. The van der Waals surface area contributed by atoms with E-state index in [0.717, 1.165) is 0 Å². The van der Waals surface area contributed by atoms with Gasteiger partial charge in [0.2, 0.25) is 0 Å². The van der Waals surface area contributed by atoms with Crippen LogP contribution >= 0.6 is 11.6 Å². The Morgan fingerprint density at radius 2 is 2.40 bits per heavy atom. The zero-order valence-corrected chi connectivity index (χ0v) is 6.05. The van der Waals surface area contributed by atoms with Crippen molar-refractivity contribution >= 4 is 11.6 Å². The Balaban J connectivity index is 3.46. The number of aryl methyl sites for hydroxylation is 1. The van der Waals surface area contributed by atoms with Gasteiger partial charge in [-0.25, -0.2) is 0 Å². The van der Waals surface area contributed by atoms with Gasteiger partial charge >= 0.3 is 0 Å². The molecule has 1 heterocycles. The summed E-state index contributed by atoms with van der Waals surface area (Å²) in [6, 6.07) is 1.47. The van der Waals surface area contributed by atoms with Crippen molar-refractivity contribution in [1.29, 1.82) is 5.41 Å². The monoisotopic (exact) mass is 159 g/mol. The minimum atomic E-state index is -0.259. The normalized spacial score (nSPS) is 9.80. The summed E-state index contributed by atoms with van der Waals surface area (Å²) in [6.07, 6.45) is 0. The molecule has 0 unspecified atom stereocenters. The van der Waals surface area contributed by atoms with Crippen LogP contribution in [0, 0.1) is 12.3 Å². The summed E-state index contributed by atoms with van der Waals surface area (Å²) in [6.45, 7) is 1.63. The Morgan fingerprint density at radius 3 is 2.90 bits per heavy atom. The van der Waals surface area contributed by atoms with Crippen molar-refractivity contribution in [1.82, 2.24) is 9.71 Å². The van der Waals surface area contributed by atoms with Crippen LogP contribution in [-0.2, 0) is 0 Å². The molecule has 0 amide bonds. The molecule has 4 nitrogen and oxygen atoms in total. The van der Waals surface area contributed by atoms with Gasteiger partial charge < -0.3 is 5.21 Å². The number of halogens is 1. The van der Waals surface area contributed by atoms with Gasteiger partial charge in [-0.2, -0.15) is 9.71 Å². The van der Waals surface area contributed by atoms with Crippen LogP contribution in [0.2, 0.25) is 5.15 Å². The van der Waals surface area contributed by atoms with Gasteiger partial charge in [0.15, 0.2) is 0 Å². The fourth-order valence-electron chi connectivity index (χ4n) is 0.581. The van der Waals surface area contributed by atoms with Gasteiger partial charge in [0.25, 0.3) is 5.62 Å². The second kappa shape index (κ2) is 2.30. The van der Waals surface area contributed by atoms with E-state index in [0.29, 0.717) is 10.4 Å². The van der Waals surface area contributed by atoms with Crippen molar-refractivity contribution in [3.63, 3.8) is 0 Å². The molecule has 0 aliphatic rings. The van der Waals surface area contributed by atoms with Crippen LogP contribution in [0.15, 0.2) is 6.07 Å². The highest BCUT2D eigenvalue weighted by Crippen LogP contribution is 2.01. The van der Waals surface area contributed by atoms with E-state index in [4.69, 9.17) is 22.2 Å². The van der Waals surface area contributed by atoms with E-state index in [2.05, 4.69) is 4.98 Å². The zero-order valence-electron chi connectivity index (χ0n) is 5.30. The molecule has 0 fully saturated rings. The molecule has 1 aromatic rings. The summed E-state index contributed by atoms with van der Waals surface area (Å²) in [5, 5.41) is 16.2. The molecule has 0 spiro atoms. The van der Waals surface area contributed by atoms with Crippen LogP contribution in [0.4, 0.5) is 0 Å². The first-order valence-electron chi connectivity index (χ1n) is 2.61. The van der Waals surface area contributed by atoms with Crippen LogP contribution in [0.25, 0.3) is 0 Å². The summed E-state index contributed by atoms with van der Waals surface area (Å²) >= 11 is 5.47. The van der Waals surface area contributed by atoms with Gasteiger partial charge in [0, 0.05) is 0 Å². The zero-order chi connectivity index (χ0) is 7.72. The van der Waals surface area contributed by atoms with Gasteiger partial charge in [-0.1, -0.05) is 11.6 Å². The standard InChI is InChI=1S/C5H6ClN3O/c1-3-2-4(6)8-5(7)9(3)10/h2,7,10H,1H3. The van der Waals surface area contributed by atoms with Crippen LogP contribution < -0.4 is 5.62 Å². The molecular formula is C5H6ClN3O. The summed E-state index contributed by atoms with van der Waals surface area (Å²) in [4.78, 5) is 3.48. The van der Waals surface area contributed by atoms with E-state index in [1.807, 2.05) is 0 Å². The van der Waals surface area contributed by atoms with E-state index < -0.39 is 0 Å². The first kappa shape index (κ1) is 7.08. The van der Waals surface area contributed by atoms with Gasteiger partial charge in [0.1, 0.15) is 5.15 Å². The number of nitrogens with one attached hydrogen (secondary N) is 1. The summed E-state index contributed by atoms with van der Waals surface area (Å²) in [5.74, 6) is 0. The molecular weight excluding hydrogens is 154 g/mol. The predicted molar refractivity (Wildman–Crippen MR) is 35.0 cm³/mol. The maximum absolute atomic E-state index is 8.94. The minimum Gasteiger partial charge on any atom is -0.425 e. The largest absolute Gasteiger partial charge is 0.425 e. The molecule has 0 bridgehead atoms. The molecule has 1 aromatic heterocycles. The van der Waals surface area contributed by atoms with Crippen LogP contribution in [0.3, 0.4) is 0 Å². The molecule has 0 radical (unpaired) electrons. The number of hydrogen-bond donors (Lipinski definition) is 2. The number of aromatic nitrogens is 2. The van der Waals surface area contributed by atoms with Gasteiger partial charge in [-0.05, 0) is 13.0 Å². The Bertz CT molecular complexity index is 306. The lowest BCUT2D eigenvalue weighted by Gasteiger charge is -1.99. The maximum atomic E-state index is 8.94. The lowest BCUT2D eigenvalue weighted by molar-refractivity contribution is 0.158. The van der Waals surface area contributed by atoms with Gasteiger partial charge in [-0.15, -0.1) is 0 Å². The third-order valence-electron chi connectivity index (χ3n) is 1.08. The highest BCUT2D eigenvalue weighted by atomic mass is 35.5. The molecule has 0 saturated carbocycles. The fraction of sp³-hybridized carbons (Fsp3) is 0.200. The molecule has 10 heavy (non-hydrogen) atoms. The SMILES string of the molecule is Cc1cc(Cl)nc(=N)n1O. The highest BCUT2D eigenvalue weighted by Gasteiger charge is 1.96. The van der Waals surface area contributed by atoms with E-state index in [1.165, 1.54) is 6.07 Å². The number of hydrogen-bond acceptors (Lipinski definition) is 3. The smallest absolute Gasteiger partial charge is 0.257 e. The summed E-state index contributed by atoms with van der Waals surface area (Å²) in [5.41, 5.74) is 0.231. The second-order valence-electron chi connectivity index (χ2n) is 1.86. The average Bonchev–Trinajstić information content (AvgIpc) is 1.82. The Kier molecular flexibility index (Phi) is 1.63.